The minimum absolute atomic E-state index is 0.440. The molecule has 114 valence electrons. The highest BCUT2D eigenvalue weighted by Gasteiger charge is 2.20. The van der Waals surface area contributed by atoms with Gasteiger partial charge in [0.25, 0.3) is 0 Å². The molecule has 1 aromatic carbocycles. The van der Waals surface area contributed by atoms with E-state index in [1.165, 1.54) is 24.8 Å². The van der Waals surface area contributed by atoms with E-state index in [0.717, 1.165) is 25.3 Å². The van der Waals surface area contributed by atoms with Gasteiger partial charge in [0, 0.05) is 6.04 Å². The zero-order valence-electron chi connectivity index (χ0n) is 13.6. The molecule has 1 atom stereocenters. The molecule has 0 aliphatic rings. The van der Waals surface area contributed by atoms with Crippen LogP contribution in [0.1, 0.15) is 65.0 Å². The Hall–Kier alpha value is -1.02. The van der Waals surface area contributed by atoms with E-state index in [-0.39, 0.29) is 0 Å². The van der Waals surface area contributed by atoms with Crippen molar-refractivity contribution in [3.63, 3.8) is 0 Å². The van der Waals surface area contributed by atoms with Crippen molar-refractivity contribution in [3.8, 4) is 5.75 Å². The first kappa shape index (κ1) is 17.0. The van der Waals surface area contributed by atoms with Crippen molar-refractivity contribution < 1.29 is 4.74 Å². The molecule has 2 nitrogen and oxygen atoms in total. The average Bonchev–Trinajstić information content (AvgIpc) is 2.49. The molecular formula is C18H31NO. The lowest BCUT2D eigenvalue weighted by molar-refractivity contribution is 0.313. The molecule has 1 N–H and O–H groups in total. The molecule has 0 spiro atoms. The number of nitrogens with one attached hydrogen (secondary N) is 1. The standard InChI is InChI=1S/C18H31NO/c1-5-12-19-18(15(7-3)8-4)16-10-9-11-17(14-16)20-13-6-2/h9-11,14-15,18-19H,5-8,12-13H2,1-4H3. The third kappa shape index (κ3) is 5.16. The Balaban J connectivity index is 2.87. The topological polar surface area (TPSA) is 21.3 Å². The summed E-state index contributed by atoms with van der Waals surface area (Å²) in [4.78, 5) is 0. The first-order valence-electron chi connectivity index (χ1n) is 8.22. The summed E-state index contributed by atoms with van der Waals surface area (Å²) >= 11 is 0. The summed E-state index contributed by atoms with van der Waals surface area (Å²) in [5.74, 6) is 1.68. The second-order valence-corrected chi connectivity index (χ2v) is 5.43. The van der Waals surface area contributed by atoms with Crippen molar-refractivity contribution in [1.29, 1.82) is 0 Å². The van der Waals surface area contributed by atoms with Crippen LogP contribution in [0.4, 0.5) is 0 Å². The van der Waals surface area contributed by atoms with Crippen LogP contribution in [0.5, 0.6) is 5.75 Å². The SMILES string of the molecule is CCCNC(c1cccc(OCCC)c1)C(CC)CC. The van der Waals surface area contributed by atoms with Gasteiger partial charge < -0.3 is 10.1 Å². The summed E-state index contributed by atoms with van der Waals surface area (Å²) in [5, 5.41) is 3.72. The van der Waals surface area contributed by atoms with Gasteiger partial charge in [0.05, 0.1) is 6.61 Å². The molecule has 1 rings (SSSR count). The van der Waals surface area contributed by atoms with Gasteiger partial charge in [0.2, 0.25) is 0 Å². The molecule has 0 saturated heterocycles. The van der Waals surface area contributed by atoms with Gasteiger partial charge in [-0.3, -0.25) is 0 Å². The van der Waals surface area contributed by atoms with E-state index in [2.05, 4.69) is 57.3 Å². The van der Waals surface area contributed by atoms with Gasteiger partial charge >= 0.3 is 0 Å². The Morgan fingerprint density at radius 1 is 1.05 bits per heavy atom. The molecule has 0 radical (unpaired) electrons. The van der Waals surface area contributed by atoms with E-state index in [1.54, 1.807) is 0 Å². The highest BCUT2D eigenvalue weighted by molar-refractivity contribution is 5.31. The minimum atomic E-state index is 0.440. The summed E-state index contributed by atoms with van der Waals surface area (Å²) in [6, 6.07) is 9.05. The van der Waals surface area contributed by atoms with Crippen LogP contribution in [0.2, 0.25) is 0 Å². The summed E-state index contributed by atoms with van der Waals surface area (Å²) in [7, 11) is 0. The quantitative estimate of drug-likeness (QED) is 0.653. The molecule has 0 aliphatic heterocycles. The molecular weight excluding hydrogens is 246 g/mol. The molecule has 0 heterocycles. The average molecular weight is 277 g/mol. The van der Waals surface area contributed by atoms with E-state index in [1.807, 2.05) is 0 Å². The van der Waals surface area contributed by atoms with Crippen LogP contribution in [0.25, 0.3) is 0 Å². The molecule has 0 aliphatic carbocycles. The summed E-state index contributed by atoms with van der Waals surface area (Å²) in [6.07, 6.45) is 4.63. The highest BCUT2D eigenvalue weighted by atomic mass is 16.5. The second-order valence-electron chi connectivity index (χ2n) is 5.43. The van der Waals surface area contributed by atoms with Crippen LogP contribution < -0.4 is 10.1 Å². The molecule has 0 bridgehead atoms. The normalized spacial score (nSPS) is 12.7. The Labute approximate surface area is 124 Å². The van der Waals surface area contributed by atoms with Crippen LogP contribution in [-0.4, -0.2) is 13.2 Å². The van der Waals surface area contributed by atoms with Gasteiger partial charge in [-0.2, -0.15) is 0 Å². The van der Waals surface area contributed by atoms with Crippen LogP contribution in [0.15, 0.2) is 24.3 Å². The van der Waals surface area contributed by atoms with Crippen LogP contribution in [0.3, 0.4) is 0 Å². The largest absolute Gasteiger partial charge is 0.494 e. The number of hydrogen-bond acceptors (Lipinski definition) is 2. The number of hydrogen-bond donors (Lipinski definition) is 1. The van der Waals surface area contributed by atoms with Crippen molar-refractivity contribution in [2.45, 2.75) is 59.4 Å². The van der Waals surface area contributed by atoms with Gasteiger partial charge in [0.1, 0.15) is 5.75 Å². The van der Waals surface area contributed by atoms with Gasteiger partial charge in [-0.15, -0.1) is 0 Å². The van der Waals surface area contributed by atoms with E-state index in [0.29, 0.717) is 12.0 Å². The third-order valence-electron chi connectivity index (χ3n) is 3.82. The van der Waals surface area contributed by atoms with Gasteiger partial charge in [-0.05, 0) is 43.0 Å². The fourth-order valence-corrected chi connectivity index (χ4v) is 2.63. The third-order valence-corrected chi connectivity index (χ3v) is 3.82. The number of benzene rings is 1. The lowest BCUT2D eigenvalue weighted by Gasteiger charge is -2.27. The predicted octanol–water partition coefficient (Wildman–Crippen LogP) is 4.95. The maximum atomic E-state index is 5.77. The van der Waals surface area contributed by atoms with Crippen molar-refractivity contribution in [2.24, 2.45) is 5.92 Å². The Morgan fingerprint density at radius 3 is 2.40 bits per heavy atom. The molecule has 0 amide bonds. The lowest BCUT2D eigenvalue weighted by atomic mass is 9.88. The van der Waals surface area contributed by atoms with Crippen molar-refractivity contribution in [2.75, 3.05) is 13.2 Å². The van der Waals surface area contributed by atoms with Crippen LogP contribution in [-0.2, 0) is 0 Å². The first-order valence-corrected chi connectivity index (χ1v) is 8.22. The zero-order valence-corrected chi connectivity index (χ0v) is 13.6. The minimum Gasteiger partial charge on any atom is -0.494 e. The molecule has 0 fully saturated rings. The van der Waals surface area contributed by atoms with Crippen molar-refractivity contribution >= 4 is 0 Å². The molecule has 20 heavy (non-hydrogen) atoms. The lowest BCUT2D eigenvalue weighted by Crippen LogP contribution is -2.28. The zero-order chi connectivity index (χ0) is 14.8. The fraction of sp³-hybridized carbons (Fsp3) is 0.667. The van der Waals surface area contributed by atoms with Crippen LogP contribution in [0, 0.1) is 5.92 Å². The highest BCUT2D eigenvalue weighted by Crippen LogP contribution is 2.29. The number of rotatable bonds is 10. The predicted molar refractivity (Wildman–Crippen MR) is 87.3 cm³/mol. The van der Waals surface area contributed by atoms with Crippen molar-refractivity contribution in [1.82, 2.24) is 5.32 Å². The van der Waals surface area contributed by atoms with Gasteiger partial charge in [-0.25, -0.2) is 0 Å². The smallest absolute Gasteiger partial charge is 0.119 e. The van der Waals surface area contributed by atoms with Crippen LogP contribution >= 0.6 is 0 Å². The number of ether oxygens (including phenoxy) is 1. The fourth-order valence-electron chi connectivity index (χ4n) is 2.63. The van der Waals surface area contributed by atoms with Crippen molar-refractivity contribution in [3.05, 3.63) is 29.8 Å². The molecule has 1 unspecified atom stereocenters. The molecule has 0 aromatic heterocycles. The Morgan fingerprint density at radius 2 is 1.80 bits per heavy atom. The van der Waals surface area contributed by atoms with Gasteiger partial charge in [0.15, 0.2) is 0 Å². The Kier molecular flexibility index (Phi) is 8.36. The monoisotopic (exact) mass is 277 g/mol. The summed E-state index contributed by atoms with van der Waals surface area (Å²) in [5.41, 5.74) is 1.36. The molecule has 0 saturated carbocycles. The van der Waals surface area contributed by atoms with E-state index >= 15 is 0 Å². The maximum Gasteiger partial charge on any atom is 0.119 e. The van der Waals surface area contributed by atoms with E-state index in [4.69, 9.17) is 4.74 Å². The second kappa shape index (κ2) is 9.82. The maximum absolute atomic E-state index is 5.77. The first-order chi connectivity index (χ1) is 9.76. The summed E-state index contributed by atoms with van der Waals surface area (Å²) < 4.78 is 5.77. The van der Waals surface area contributed by atoms with E-state index < -0.39 is 0 Å². The van der Waals surface area contributed by atoms with Gasteiger partial charge in [-0.1, -0.05) is 52.7 Å². The molecule has 2 heteroatoms. The molecule has 1 aromatic rings. The summed E-state index contributed by atoms with van der Waals surface area (Å²) in [6.45, 7) is 10.8. The van der Waals surface area contributed by atoms with E-state index in [9.17, 15) is 0 Å². The Bertz CT molecular complexity index is 360.